The van der Waals surface area contributed by atoms with Gasteiger partial charge in [0.1, 0.15) is 0 Å². The second-order valence-corrected chi connectivity index (χ2v) is 4.33. The van der Waals surface area contributed by atoms with E-state index < -0.39 is 0 Å². The zero-order chi connectivity index (χ0) is 14.4. The van der Waals surface area contributed by atoms with Gasteiger partial charge in [0.25, 0.3) is 5.91 Å². The van der Waals surface area contributed by atoms with Crippen LogP contribution in [0.3, 0.4) is 0 Å². The van der Waals surface area contributed by atoms with Gasteiger partial charge < -0.3 is 15.2 Å². The minimum atomic E-state index is -0.331. The number of aromatic amines is 1. The second kappa shape index (κ2) is 6.60. The van der Waals surface area contributed by atoms with Crippen molar-refractivity contribution in [3.63, 3.8) is 0 Å². The maximum absolute atomic E-state index is 11.7. The number of amides is 1. The van der Waals surface area contributed by atoms with Crippen molar-refractivity contribution in [3.05, 3.63) is 36.0 Å². The third-order valence-corrected chi connectivity index (χ3v) is 2.64. The number of H-pyrrole nitrogens is 1. The van der Waals surface area contributed by atoms with Gasteiger partial charge in [-0.05, 0) is 18.6 Å². The average Bonchev–Trinajstić information content (AvgIpc) is 2.85. The molecule has 0 atom stereocenters. The molecule has 0 bridgehead atoms. The summed E-state index contributed by atoms with van der Waals surface area (Å²) in [5, 5.41) is 19.0. The molecular formula is C14H17N3O3. The molecule has 6 heteroatoms. The van der Waals surface area contributed by atoms with Crippen molar-refractivity contribution in [1.29, 1.82) is 0 Å². The number of nitrogens with one attached hydrogen (secondary N) is 2. The smallest absolute Gasteiger partial charge is 0.263 e. The maximum atomic E-state index is 11.7. The van der Waals surface area contributed by atoms with Gasteiger partial charge in [-0.15, -0.1) is 0 Å². The SMILES string of the molecule is CCCc1cc(NC(=O)COc2ccccc2O)n[nH]1. The summed E-state index contributed by atoms with van der Waals surface area (Å²) >= 11 is 0. The van der Waals surface area contributed by atoms with E-state index in [2.05, 4.69) is 22.4 Å². The van der Waals surface area contributed by atoms with E-state index >= 15 is 0 Å². The molecule has 20 heavy (non-hydrogen) atoms. The van der Waals surface area contributed by atoms with Crippen molar-refractivity contribution >= 4 is 11.7 Å². The molecule has 0 saturated heterocycles. The Bertz CT molecular complexity index is 581. The summed E-state index contributed by atoms with van der Waals surface area (Å²) < 4.78 is 5.23. The van der Waals surface area contributed by atoms with E-state index in [4.69, 9.17) is 4.74 Å². The first-order chi connectivity index (χ1) is 9.69. The number of nitrogens with zero attached hydrogens (tertiary/aromatic N) is 1. The number of hydrogen-bond donors (Lipinski definition) is 3. The number of aryl methyl sites for hydroxylation is 1. The van der Waals surface area contributed by atoms with Crippen molar-refractivity contribution in [2.24, 2.45) is 0 Å². The van der Waals surface area contributed by atoms with E-state index in [0.717, 1.165) is 18.5 Å². The van der Waals surface area contributed by atoms with Crippen LogP contribution in [0, 0.1) is 0 Å². The second-order valence-electron chi connectivity index (χ2n) is 4.33. The van der Waals surface area contributed by atoms with Gasteiger partial charge in [-0.25, -0.2) is 0 Å². The number of aromatic nitrogens is 2. The van der Waals surface area contributed by atoms with Crippen LogP contribution in [-0.4, -0.2) is 27.8 Å². The molecule has 2 rings (SSSR count). The molecule has 0 aliphatic rings. The number of rotatable bonds is 6. The normalized spacial score (nSPS) is 10.2. The number of phenolic OH excluding ortho intramolecular Hbond substituents is 1. The first-order valence-corrected chi connectivity index (χ1v) is 6.44. The first-order valence-electron chi connectivity index (χ1n) is 6.44. The van der Waals surface area contributed by atoms with E-state index in [-0.39, 0.29) is 24.0 Å². The minimum Gasteiger partial charge on any atom is -0.504 e. The molecule has 1 aromatic heterocycles. The molecular weight excluding hydrogens is 258 g/mol. The molecule has 0 spiro atoms. The highest BCUT2D eigenvalue weighted by Crippen LogP contribution is 2.24. The predicted octanol–water partition coefficient (Wildman–Crippen LogP) is 2.09. The highest BCUT2D eigenvalue weighted by atomic mass is 16.5. The van der Waals surface area contributed by atoms with Crippen LogP contribution < -0.4 is 10.1 Å². The molecule has 1 aromatic carbocycles. The highest BCUT2D eigenvalue weighted by Gasteiger charge is 2.08. The zero-order valence-corrected chi connectivity index (χ0v) is 11.2. The summed E-state index contributed by atoms with van der Waals surface area (Å²) in [7, 11) is 0. The topological polar surface area (TPSA) is 87.2 Å². The zero-order valence-electron chi connectivity index (χ0n) is 11.2. The van der Waals surface area contributed by atoms with Crippen molar-refractivity contribution in [3.8, 4) is 11.5 Å². The Kier molecular flexibility index (Phi) is 4.60. The van der Waals surface area contributed by atoms with E-state index in [1.165, 1.54) is 6.07 Å². The number of anilines is 1. The lowest BCUT2D eigenvalue weighted by atomic mass is 10.2. The van der Waals surface area contributed by atoms with Crippen LogP contribution in [0.15, 0.2) is 30.3 Å². The average molecular weight is 275 g/mol. The predicted molar refractivity (Wildman–Crippen MR) is 74.8 cm³/mol. The molecule has 106 valence electrons. The van der Waals surface area contributed by atoms with Gasteiger partial charge in [0.2, 0.25) is 0 Å². The molecule has 2 aromatic rings. The number of aromatic hydroxyl groups is 1. The van der Waals surface area contributed by atoms with Gasteiger partial charge in [-0.1, -0.05) is 25.5 Å². The Labute approximate surface area is 116 Å². The molecule has 0 radical (unpaired) electrons. The first kappa shape index (κ1) is 13.9. The standard InChI is InChI=1S/C14H17N3O3/c1-2-5-10-8-13(17-16-10)15-14(19)9-20-12-7-4-3-6-11(12)18/h3-4,6-8,18H,2,5,9H2,1H3,(H2,15,16,17,19). The summed E-state index contributed by atoms with van der Waals surface area (Å²) in [6.45, 7) is 1.88. The fourth-order valence-corrected chi connectivity index (χ4v) is 1.72. The van der Waals surface area contributed by atoms with Gasteiger partial charge in [0.15, 0.2) is 23.9 Å². The van der Waals surface area contributed by atoms with Crippen molar-refractivity contribution in [2.45, 2.75) is 19.8 Å². The third-order valence-electron chi connectivity index (χ3n) is 2.64. The largest absolute Gasteiger partial charge is 0.504 e. The highest BCUT2D eigenvalue weighted by molar-refractivity contribution is 5.91. The number of carbonyl (C=O) groups is 1. The Morgan fingerprint density at radius 2 is 2.25 bits per heavy atom. The minimum absolute atomic E-state index is 0.00491. The van der Waals surface area contributed by atoms with Crippen LogP contribution in [0.1, 0.15) is 19.0 Å². The number of phenols is 1. The Morgan fingerprint density at radius 1 is 1.45 bits per heavy atom. The number of ether oxygens (including phenoxy) is 1. The van der Waals surface area contributed by atoms with Crippen LogP contribution in [0.25, 0.3) is 0 Å². The fraction of sp³-hybridized carbons (Fsp3) is 0.286. The van der Waals surface area contributed by atoms with Gasteiger partial charge in [-0.2, -0.15) is 5.10 Å². The lowest BCUT2D eigenvalue weighted by Gasteiger charge is -2.06. The van der Waals surface area contributed by atoms with Crippen molar-refractivity contribution in [2.75, 3.05) is 11.9 Å². The van der Waals surface area contributed by atoms with E-state index in [1.54, 1.807) is 24.3 Å². The molecule has 1 amide bonds. The third kappa shape index (κ3) is 3.74. The lowest BCUT2D eigenvalue weighted by Crippen LogP contribution is -2.20. The van der Waals surface area contributed by atoms with Gasteiger partial charge in [-0.3, -0.25) is 9.89 Å². The summed E-state index contributed by atoms with van der Waals surface area (Å²) in [5.41, 5.74) is 0.976. The molecule has 6 nitrogen and oxygen atoms in total. The maximum Gasteiger partial charge on any atom is 0.263 e. The van der Waals surface area contributed by atoms with Crippen LogP contribution in [-0.2, 0) is 11.2 Å². The fourth-order valence-electron chi connectivity index (χ4n) is 1.72. The number of carbonyl (C=O) groups excluding carboxylic acids is 1. The number of benzene rings is 1. The van der Waals surface area contributed by atoms with Crippen LogP contribution >= 0.6 is 0 Å². The van der Waals surface area contributed by atoms with Crippen molar-refractivity contribution < 1.29 is 14.6 Å². The van der Waals surface area contributed by atoms with Gasteiger partial charge >= 0.3 is 0 Å². The van der Waals surface area contributed by atoms with Crippen LogP contribution in [0.4, 0.5) is 5.82 Å². The summed E-state index contributed by atoms with van der Waals surface area (Å²) in [6.07, 6.45) is 1.89. The van der Waals surface area contributed by atoms with Gasteiger partial charge in [0.05, 0.1) is 0 Å². The summed E-state index contributed by atoms with van der Waals surface area (Å²) in [4.78, 5) is 11.7. The van der Waals surface area contributed by atoms with Gasteiger partial charge in [0, 0.05) is 11.8 Å². The van der Waals surface area contributed by atoms with Crippen molar-refractivity contribution in [1.82, 2.24) is 10.2 Å². The molecule has 0 saturated carbocycles. The van der Waals surface area contributed by atoms with Crippen LogP contribution in [0.5, 0.6) is 11.5 Å². The number of para-hydroxylation sites is 2. The molecule has 3 N–H and O–H groups in total. The Balaban J connectivity index is 1.84. The van der Waals surface area contributed by atoms with Crippen LogP contribution in [0.2, 0.25) is 0 Å². The number of hydrogen-bond acceptors (Lipinski definition) is 4. The summed E-state index contributed by atoms with van der Waals surface area (Å²) in [5.74, 6) is 0.420. The Hall–Kier alpha value is -2.50. The molecule has 0 aliphatic heterocycles. The molecule has 0 unspecified atom stereocenters. The molecule has 0 fully saturated rings. The van der Waals surface area contributed by atoms with E-state index in [9.17, 15) is 9.90 Å². The molecule has 0 aliphatic carbocycles. The van der Waals surface area contributed by atoms with E-state index in [0.29, 0.717) is 5.82 Å². The summed E-state index contributed by atoms with van der Waals surface area (Å²) in [6, 6.07) is 8.29. The van der Waals surface area contributed by atoms with E-state index in [1.807, 2.05) is 0 Å². The Morgan fingerprint density at radius 3 is 3.00 bits per heavy atom. The quantitative estimate of drug-likeness (QED) is 0.753. The monoisotopic (exact) mass is 275 g/mol. The molecule has 1 heterocycles. The lowest BCUT2D eigenvalue weighted by molar-refractivity contribution is -0.118.